The zero-order valence-corrected chi connectivity index (χ0v) is 13.7. The van der Waals surface area contributed by atoms with Gasteiger partial charge in [0.15, 0.2) is 0 Å². The lowest BCUT2D eigenvalue weighted by molar-refractivity contribution is -0.117. The first-order valence-electron chi connectivity index (χ1n) is 7.34. The number of carbonyl (C=O) groups excluding carboxylic acids is 1. The van der Waals surface area contributed by atoms with Gasteiger partial charge in [-0.15, -0.1) is 0 Å². The van der Waals surface area contributed by atoms with Crippen LogP contribution in [0.4, 0.5) is 5.82 Å². The number of nitrogens with zero attached hydrogens (tertiary/aromatic N) is 2. The van der Waals surface area contributed by atoms with Gasteiger partial charge in [-0.3, -0.25) is 9.59 Å². The molecule has 126 valence electrons. The molecule has 0 fully saturated rings. The van der Waals surface area contributed by atoms with Crippen molar-refractivity contribution in [3.63, 3.8) is 0 Å². The highest BCUT2D eigenvalue weighted by atomic mass is 35.5. The van der Waals surface area contributed by atoms with E-state index in [-0.39, 0.29) is 17.3 Å². The van der Waals surface area contributed by atoms with Crippen molar-refractivity contribution in [2.24, 2.45) is 5.73 Å². The lowest BCUT2D eigenvalue weighted by Crippen LogP contribution is -2.18. The number of anilines is 1. The molecule has 5 N–H and O–H groups in total. The van der Waals surface area contributed by atoms with Gasteiger partial charge in [-0.05, 0) is 11.6 Å². The van der Waals surface area contributed by atoms with Crippen LogP contribution in [0.3, 0.4) is 0 Å². The van der Waals surface area contributed by atoms with Crippen LogP contribution >= 0.6 is 11.6 Å². The molecule has 25 heavy (non-hydrogen) atoms. The van der Waals surface area contributed by atoms with Crippen LogP contribution in [0, 0.1) is 0 Å². The van der Waals surface area contributed by atoms with Crippen molar-refractivity contribution in [2.45, 2.75) is 6.42 Å². The molecule has 1 amide bonds. The van der Waals surface area contributed by atoms with Gasteiger partial charge in [0, 0.05) is 17.2 Å². The second kappa shape index (κ2) is 6.74. The van der Waals surface area contributed by atoms with Crippen LogP contribution < -0.4 is 17.0 Å². The number of hydrogen-bond donors (Lipinski definition) is 3. The Morgan fingerprint density at radius 2 is 1.88 bits per heavy atom. The van der Waals surface area contributed by atoms with Gasteiger partial charge in [0.25, 0.3) is 5.56 Å². The molecule has 0 unspecified atom stereocenters. The molecule has 2 aromatic heterocycles. The van der Waals surface area contributed by atoms with Crippen LogP contribution in [-0.2, 0) is 11.2 Å². The fourth-order valence-electron chi connectivity index (χ4n) is 2.50. The van der Waals surface area contributed by atoms with Crippen LogP contribution in [-0.4, -0.2) is 21.1 Å². The third kappa shape index (κ3) is 3.51. The third-order valence-corrected chi connectivity index (χ3v) is 3.86. The van der Waals surface area contributed by atoms with Gasteiger partial charge in [0.05, 0.1) is 22.8 Å². The van der Waals surface area contributed by atoms with Crippen LogP contribution in [0.15, 0.2) is 47.3 Å². The zero-order valence-electron chi connectivity index (χ0n) is 13.0. The Balaban J connectivity index is 2.29. The molecule has 1 aromatic carbocycles. The maximum absolute atomic E-state index is 11.6. The average molecular weight is 356 g/mol. The largest absolute Gasteiger partial charge is 0.382 e. The van der Waals surface area contributed by atoms with E-state index < -0.39 is 11.5 Å². The van der Waals surface area contributed by atoms with Gasteiger partial charge >= 0.3 is 0 Å². The Kier molecular flexibility index (Phi) is 4.49. The van der Waals surface area contributed by atoms with E-state index in [9.17, 15) is 9.59 Å². The molecule has 0 aliphatic heterocycles. The molecule has 7 nitrogen and oxygen atoms in total. The molecule has 3 rings (SSSR count). The number of nitrogens with one attached hydrogen (secondary N) is 1. The molecule has 0 aliphatic rings. The van der Waals surface area contributed by atoms with Crippen LogP contribution in [0.25, 0.3) is 22.5 Å². The average Bonchev–Trinajstić information content (AvgIpc) is 2.57. The van der Waals surface area contributed by atoms with E-state index in [2.05, 4.69) is 15.2 Å². The highest BCUT2D eigenvalue weighted by Gasteiger charge is 2.18. The lowest BCUT2D eigenvalue weighted by Gasteiger charge is -2.13. The Labute approximate surface area is 147 Å². The standard InChI is InChI=1S/C17H14ClN5O2/c18-12-8-11(15(21-17(12)20)9-4-2-1-3-5-9)16-10(6-13(19)24)7-14(25)22-23-16/h1-5,7-8H,6H2,(H2,19,24)(H2,20,21)(H,22,25). The van der Waals surface area contributed by atoms with Crippen molar-refractivity contribution in [1.82, 2.24) is 15.2 Å². The second-order valence-corrected chi connectivity index (χ2v) is 5.77. The molecule has 0 saturated carbocycles. The fraction of sp³-hybridized carbons (Fsp3) is 0.0588. The summed E-state index contributed by atoms with van der Waals surface area (Å²) in [7, 11) is 0. The van der Waals surface area contributed by atoms with E-state index >= 15 is 0 Å². The maximum atomic E-state index is 11.6. The Bertz CT molecular complexity index is 1000. The number of benzene rings is 1. The van der Waals surface area contributed by atoms with Gasteiger partial charge in [-0.25, -0.2) is 10.1 Å². The van der Waals surface area contributed by atoms with Crippen LogP contribution in [0.1, 0.15) is 5.56 Å². The van der Waals surface area contributed by atoms with E-state index in [0.717, 1.165) is 5.56 Å². The minimum Gasteiger partial charge on any atom is -0.382 e. The Hall–Kier alpha value is -3.19. The summed E-state index contributed by atoms with van der Waals surface area (Å²) in [6.45, 7) is 0. The highest BCUT2D eigenvalue weighted by molar-refractivity contribution is 6.33. The number of rotatable bonds is 4. The highest BCUT2D eigenvalue weighted by Crippen LogP contribution is 2.35. The number of nitrogen functional groups attached to an aromatic ring is 1. The number of nitrogens with two attached hydrogens (primary N) is 2. The minimum atomic E-state index is -0.579. The molecule has 8 heteroatoms. The van der Waals surface area contributed by atoms with Gasteiger partial charge in [0.1, 0.15) is 5.82 Å². The number of hydrogen-bond acceptors (Lipinski definition) is 5. The zero-order chi connectivity index (χ0) is 18.0. The molecular formula is C17H14ClN5O2. The van der Waals surface area contributed by atoms with Gasteiger partial charge in [0.2, 0.25) is 5.91 Å². The number of aromatic nitrogens is 3. The molecule has 0 bridgehead atoms. The molecule has 2 heterocycles. The van der Waals surface area contributed by atoms with Crippen molar-refractivity contribution in [2.75, 3.05) is 5.73 Å². The molecule has 0 saturated heterocycles. The first-order valence-corrected chi connectivity index (χ1v) is 7.72. The molecule has 0 aliphatic carbocycles. The SMILES string of the molecule is NC(=O)Cc1cc(=O)[nH]nc1-c1cc(Cl)c(N)nc1-c1ccccc1. The van der Waals surface area contributed by atoms with E-state index in [0.29, 0.717) is 22.5 Å². The van der Waals surface area contributed by atoms with E-state index in [4.69, 9.17) is 23.1 Å². The predicted molar refractivity (Wildman–Crippen MR) is 95.8 cm³/mol. The van der Waals surface area contributed by atoms with Gasteiger partial charge in [-0.1, -0.05) is 41.9 Å². The molecule has 0 radical (unpaired) electrons. The van der Waals surface area contributed by atoms with Crippen molar-refractivity contribution in [1.29, 1.82) is 0 Å². The Morgan fingerprint density at radius 3 is 2.56 bits per heavy atom. The van der Waals surface area contributed by atoms with Crippen LogP contribution in [0.5, 0.6) is 0 Å². The smallest absolute Gasteiger partial charge is 0.264 e. The quantitative estimate of drug-likeness (QED) is 0.657. The normalized spacial score (nSPS) is 10.6. The van der Waals surface area contributed by atoms with E-state index in [1.54, 1.807) is 6.07 Å². The van der Waals surface area contributed by atoms with Crippen molar-refractivity contribution in [3.05, 3.63) is 63.4 Å². The molecular weight excluding hydrogens is 342 g/mol. The number of halogens is 1. The predicted octanol–water partition coefficient (Wildman–Crippen LogP) is 1.76. The number of pyridine rings is 1. The maximum Gasteiger partial charge on any atom is 0.264 e. The summed E-state index contributed by atoms with van der Waals surface area (Å²) in [4.78, 5) is 27.3. The monoisotopic (exact) mass is 355 g/mol. The van der Waals surface area contributed by atoms with Gasteiger partial charge < -0.3 is 11.5 Å². The minimum absolute atomic E-state index is 0.136. The number of carbonyl (C=O) groups is 1. The summed E-state index contributed by atoms with van der Waals surface area (Å²) in [5.74, 6) is -0.408. The van der Waals surface area contributed by atoms with Crippen LogP contribution in [0.2, 0.25) is 5.02 Å². The third-order valence-electron chi connectivity index (χ3n) is 3.56. The summed E-state index contributed by atoms with van der Waals surface area (Å²) in [6, 6.07) is 12.2. The second-order valence-electron chi connectivity index (χ2n) is 5.37. The number of primary amides is 1. The van der Waals surface area contributed by atoms with Gasteiger partial charge in [-0.2, -0.15) is 5.10 Å². The topological polar surface area (TPSA) is 128 Å². The summed E-state index contributed by atoms with van der Waals surface area (Å²) >= 11 is 6.13. The summed E-state index contributed by atoms with van der Waals surface area (Å²) in [5.41, 5.74) is 13.3. The van der Waals surface area contributed by atoms with Crippen molar-refractivity contribution in [3.8, 4) is 22.5 Å². The first-order chi connectivity index (χ1) is 12.0. The number of aromatic amines is 1. The van der Waals surface area contributed by atoms with E-state index in [1.165, 1.54) is 6.07 Å². The van der Waals surface area contributed by atoms with Crippen molar-refractivity contribution >= 4 is 23.3 Å². The summed E-state index contributed by atoms with van der Waals surface area (Å²) in [6.07, 6.45) is -0.136. The number of amides is 1. The molecule has 0 atom stereocenters. The summed E-state index contributed by atoms with van der Waals surface area (Å²) < 4.78 is 0. The Morgan fingerprint density at radius 1 is 1.16 bits per heavy atom. The number of H-pyrrole nitrogens is 1. The molecule has 3 aromatic rings. The lowest BCUT2D eigenvalue weighted by atomic mass is 9.99. The van der Waals surface area contributed by atoms with E-state index in [1.807, 2.05) is 30.3 Å². The fourth-order valence-corrected chi connectivity index (χ4v) is 2.65. The summed E-state index contributed by atoms with van der Waals surface area (Å²) in [5, 5.41) is 6.68. The van der Waals surface area contributed by atoms with Crippen molar-refractivity contribution < 1.29 is 4.79 Å². The first kappa shape index (κ1) is 16.7. The molecule has 0 spiro atoms.